The van der Waals surface area contributed by atoms with E-state index < -0.39 is 0 Å². The molecule has 1 heterocycles. The lowest BCUT2D eigenvalue weighted by molar-refractivity contribution is 0.802. The van der Waals surface area contributed by atoms with Gasteiger partial charge in [0, 0.05) is 6.20 Å². The predicted molar refractivity (Wildman–Crippen MR) is 47.9 cm³/mol. The lowest BCUT2D eigenvalue weighted by atomic mass is 10.5. The van der Waals surface area contributed by atoms with Crippen molar-refractivity contribution < 1.29 is 0 Å². The highest BCUT2D eigenvalue weighted by Gasteiger charge is 1.96. The fraction of sp³-hybridized carbons (Fsp3) is 0.286. The number of rotatable bonds is 2. The number of alkyl halides is 1. The van der Waals surface area contributed by atoms with Crippen molar-refractivity contribution in [1.29, 1.82) is 0 Å². The minimum absolute atomic E-state index is 0. The van der Waals surface area contributed by atoms with Crippen LogP contribution in [0.2, 0.25) is 0 Å². The highest BCUT2D eigenvalue weighted by molar-refractivity contribution is 6.16. The number of nitrogens with zero attached hydrogens (tertiary/aromatic N) is 2. The fourth-order valence-electron chi connectivity index (χ4n) is 0.700. The first-order chi connectivity index (χ1) is 4.88. The zero-order valence-electron chi connectivity index (χ0n) is 5.83. The molecule has 0 aliphatic heterocycles. The van der Waals surface area contributed by atoms with Crippen molar-refractivity contribution in [1.82, 2.24) is 9.55 Å². The standard InChI is InChI=1S/C7H7ClN2.ClH/c1-2-3-10-6-9-5-7(10)4-8;/h1,5-6H,3-4H2;1H. The van der Waals surface area contributed by atoms with Crippen molar-refractivity contribution in [3.8, 4) is 12.3 Å². The summed E-state index contributed by atoms with van der Waals surface area (Å²) in [5.41, 5.74) is 0.958. The highest BCUT2D eigenvalue weighted by Crippen LogP contribution is 2.01. The molecule has 0 aliphatic rings. The van der Waals surface area contributed by atoms with E-state index in [4.69, 9.17) is 18.0 Å². The average molecular weight is 191 g/mol. The third-order valence-corrected chi connectivity index (χ3v) is 1.47. The van der Waals surface area contributed by atoms with Crippen molar-refractivity contribution in [3.05, 3.63) is 18.2 Å². The van der Waals surface area contributed by atoms with Gasteiger partial charge in [0.1, 0.15) is 0 Å². The Hall–Kier alpha value is -0.650. The lowest BCUT2D eigenvalue weighted by Gasteiger charge is -1.97. The van der Waals surface area contributed by atoms with E-state index in [0.717, 1.165) is 5.69 Å². The number of terminal acetylenes is 1. The molecule has 0 atom stereocenters. The van der Waals surface area contributed by atoms with Crippen LogP contribution in [-0.2, 0) is 12.4 Å². The first-order valence-electron chi connectivity index (χ1n) is 2.87. The Kier molecular flexibility index (Phi) is 4.76. The van der Waals surface area contributed by atoms with Crippen LogP contribution in [0.5, 0.6) is 0 Å². The third-order valence-electron chi connectivity index (χ3n) is 1.20. The Morgan fingerprint density at radius 3 is 3.00 bits per heavy atom. The molecule has 0 aliphatic carbocycles. The molecule has 0 N–H and O–H groups in total. The first kappa shape index (κ1) is 10.3. The average Bonchev–Trinajstić information content (AvgIpc) is 2.36. The summed E-state index contributed by atoms with van der Waals surface area (Å²) in [5.74, 6) is 2.97. The van der Waals surface area contributed by atoms with Crippen LogP contribution in [0.4, 0.5) is 0 Å². The molecule has 0 spiro atoms. The smallest absolute Gasteiger partial charge is 0.0957 e. The van der Waals surface area contributed by atoms with Crippen LogP contribution in [0.25, 0.3) is 0 Å². The van der Waals surface area contributed by atoms with Gasteiger partial charge < -0.3 is 4.57 Å². The van der Waals surface area contributed by atoms with E-state index in [9.17, 15) is 0 Å². The molecule has 0 saturated carbocycles. The van der Waals surface area contributed by atoms with Gasteiger partial charge >= 0.3 is 0 Å². The predicted octanol–water partition coefficient (Wildman–Crippen LogP) is 1.68. The van der Waals surface area contributed by atoms with Gasteiger partial charge in [0.2, 0.25) is 0 Å². The Balaban J connectivity index is 0.000001000. The Labute approximate surface area is 77.0 Å². The lowest BCUT2D eigenvalue weighted by Crippen LogP contribution is -1.97. The molecular weight excluding hydrogens is 183 g/mol. The van der Waals surface area contributed by atoms with Crippen molar-refractivity contribution in [2.45, 2.75) is 12.4 Å². The van der Waals surface area contributed by atoms with E-state index >= 15 is 0 Å². The number of imidazole rings is 1. The second-order valence-electron chi connectivity index (χ2n) is 1.85. The second kappa shape index (κ2) is 5.06. The molecule has 4 heteroatoms. The van der Waals surface area contributed by atoms with E-state index in [-0.39, 0.29) is 12.4 Å². The van der Waals surface area contributed by atoms with E-state index in [2.05, 4.69) is 10.9 Å². The second-order valence-corrected chi connectivity index (χ2v) is 2.12. The Bertz CT molecular complexity index is 249. The van der Waals surface area contributed by atoms with Crippen LogP contribution < -0.4 is 0 Å². The molecule has 0 fully saturated rings. The maximum atomic E-state index is 5.58. The molecule has 0 unspecified atom stereocenters. The van der Waals surface area contributed by atoms with Crippen molar-refractivity contribution in [2.24, 2.45) is 0 Å². The first-order valence-corrected chi connectivity index (χ1v) is 3.40. The molecule has 0 radical (unpaired) electrons. The molecule has 0 amide bonds. The summed E-state index contributed by atoms with van der Waals surface area (Å²) in [6, 6.07) is 0. The summed E-state index contributed by atoms with van der Waals surface area (Å²) < 4.78 is 1.84. The summed E-state index contributed by atoms with van der Waals surface area (Å²) in [7, 11) is 0. The molecular formula is C7H8Cl2N2. The number of aromatic nitrogens is 2. The SMILES string of the molecule is C#CCn1cncc1CCl.Cl. The van der Waals surface area contributed by atoms with Gasteiger partial charge in [-0.25, -0.2) is 4.98 Å². The molecule has 2 nitrogen and oxygen atoms in total. The van der Waals surface area contributed by atoms with Gasteiger partial charge in [-0.15, -0.1) is 30.4 Å². The van der Waals surface area contributed by atoms with Crippen LogP contribution >= 0.6 is 24.0 Å². The monoisotopic (exact) mass is 190 g/mol. The maximum Gasteiger partial charge on any atom is 0.0957 e. The van der Waals surface area contributed by atoms with Crippen molar-refractivity contribution >= 4 is 24.0 Å². The van der Waals surface area contributed by atoms with Crippen molar-refractivity contribution in [3.63, 3.8) is 0 Å². The van der Waals surface area contributed by atoms with Gasteiger partial charge in [-0.2, -0.15) is 0 Å². The van der Waals surface area contributed by atoms with Crippen LogP contribution in [0.15, 0.2) is 12.5 Å². The highest BCUT2D eigenvalue weighted by atomic mass is 35.5. The van der Waals surface area contributed by atoms with Crippen LogP contribution in [-0.4, -0.2) is 9.55 Å². The van der Waals surface area contributed by atoms with Crippen LogP contribution in [0.3, 0.4) is 0 Å². The molecule has 1 rings (SSSR count). The van der Waals surface area contributed by atoms with Crippen LogP contribution in [0.1, 0.15) is 5.69 Å². The van der Waals surface area contributed by atoms with E-state index in [0.29, 0.717) is 12.4 Å². The van der Waals surface area contributed by atoms with Gasteiger partial charge in [-0.05, 0) is 0 Å². The number of hydrogen-bond acceptors (Lipinski definition) is 1. The molecule has 60 valence electrons. The van der Waals surface area contributed by atoms with Gasteiger partial charge in [-0.1, -0.05) is 5.92 Å². The number of halogens is 2. The fourth-order valence-corrected chi connectivity index (χ4v) is 0.923. The summed E-state index contributed by atoms with van der Waals surface area (Å²) in [5, 5.41) is 0. The summed E-state index contributed by atoms with van der Waals surface area (Å²) in [6.07, 6.45) is 8.49. The third kappa shape index (κ3) is 2.45. The van der Waals surface area contributed by atoms with Gasteiger partial charge in [0.15, 0.2) is 0 Å². The normalized spacial score (nSPS) is 8.36. The van der Waals surface area contributed by atoms with Crippen molar-refractivity contribution in [2.75, 3.05) is 0 Å². The van der Waals surface area contributed by atoms with E-state index in [1.54, 1.807) is 12.5 Å². The Morgan fingerprint density at radius 2 is 2.45 bits per heavy atom. The summed E-state index contributed by atoms with van der Waals surface area (Å²) in [4.78, 5) is 3.89. The number of hydrogen-bond donors (Lipinski definition) is 0. The maximum absolute atomic E-state index is 5.58. The van der Waals surface area contributed by atoms with Gasteiger partial charge in [0.05, 0.1) is 24.4 Å². The van der Waals surface area contributed by atoms with Gasteiger partial charge in [-0.3, -0.25) is 0 Å². The summed E-state index contributed by atoms with van der Waals surface area (Å²) in [6.45, 7) is 0.544. The summed E-state index contributed by atoms with van der Waals surface area (Å²) >= 11 is 5.58. The molecule has 1 aromatic heterocycles. The van der Waals surface area contributed by atoms with Gasteiger partial charge in [0.25, 0.3) is 0 Å². The minimum Gasteiger partial charge on any atom is -0.322 e. The molecule has 0 saturated heterocycles. The molecule has 0 bridgehead atoms. The largest absolute Gasteiger partial charge is 0.322 e. The molecule has 0 aromatic carbocycles. The Morgan fingerprint density at radius 1 is 1.73 bits per heavy atom. The van der Waals surface area contributed by atoms with E-state index in [1.165, 1.54) is 0 Å². The quantitative estimate of drug-likeness (QED) is 0.513. The molecule has 11 heavy (non-hydrogen) atoms. The topological polar surface area (TPSA) is 17.8 Å². The van der Waals surface area contributed by atoms with Crippen LogP contribution in [0, 0.1) is 12.3 Å². The zero-order valence-corrected chi connectivity index (χ0v) is 7.40. The minimum atomic E-state index is 0. The molecule has 1 aromatic rings. The van der Waals surface area contributed by atoms with E-state index in [1.807, 2.05) is 4.57 Å². The zero-order chi connectivity index (χ0) is 7.40.